The number of aliphatic hydroxyl groups excluding tert-OH is 2. The fourth-order valence-corrected chi connectivity index (χ4v) is 1.40. The van der Waals surface area contributed by atoms with Crippen LogP contribution >= 0.6 is 0 Å². The normalized spacial score (nSPS) is 14.6. The fraction of sp³-hybridized carbons (Fsp3) is 1.00. The van der Waals surface area contributed by atoms with Gasteiger partial charge in [0.05, 0.1) is 6.10 Å². The van der Waals surface area contributed by atoms with E-state index >= 15 is 0 Å². The second-order valence-corrected chi connectivity index (χ2v) is 3.98. The number of hydrogen-bond acceptors (Lipinski definition) is 6. The zero-order valence-electron chi connectivity index (χ0n) is 6.51. The second-order valence-electron chi connectivity index (χ2n) is 2.34. The summed E-state index contributed by atoms with van der Waals surface area (Å²) in [7, 11) is -3.80. The van der Waals surface area contributed by atoms with E-state index in [0.717, 1.165) is 0 Å². The summed E-state index contributed by atoms with van der Waals surface area (Å²) in [6.45, 7) is -0.0827. The van der Waals surface area contributed by atoms with Crippen LogP contribution in [0.15, 0.2) is 0 Å². The van der Waals surface area contributed by atoms with Gasteiger partial charge in [0.1, 0.15) is 5.75 Å². The molecule has 7 heteroatoms. The molecule has 1 unspecified atom stereocenters. The van der Waals surface area contributed by atoms with E-state index < -0.39 is 22.0 Å². The molecule has 0 saturated heterocycles. The summed E-state index contributed by atoms with van der Waals surface area (Å²) in [6, 6.07) is 0. The summed E-state index contributed by atoms with van der Waals surface area (Å²) in [5.41, 5.74) is 0. The summed E-state index contributed by atoms with van der Waals surface area (Å²) in [4.78, 5) is 0. The van der Waals surface area contributed by atoms with Crippen LogP contribution in [0.2, 0.25) is 0 Å². The van der Waals surface area contributed by atoms with Crippen LogP contribution < -0.4 is 5.90 Å². The van der Waals surface area contributed by atoms with Crippen LogP contribution in [-0.2, 0) is 14.4 Å². The maximum atomic E-state index is 10.6. The highest BCUT2D eigenvalue weighted by Gasteiger charge is 2.16. The minimum absolute atomic E-state index is 0.0827. The van der Waals surface area contributed by atoms with E-state index in [2.05, 4.69) is 10.2 Å². The molecule has 0 fully saturated rings. The van der Waals surface area contributed by atoms with Crippen LogP contribution in [-0.4, -0.2) is 37.1 Å². The number of nitrogens with two attached hydrogens (primary N) is 1. The van der Waals surface area contributed by atoms with Crippen molar-refractivity contribution in [2.75, 3.05) is 12.4 Å². The lowest BCUT2D eigenvalue weighted by Gasteiger charge is -2.07. The first-order chi connectivity index (χ1) is 5.52. The minimum atomic E-state index is -3.80. The maximum absolute atomic E-state index is 10.6. The smallest absolute Gasteiger partial charge is 0.285 e. The van der Waals surface area contributed by atoms with E-state index in [1.54, 1.807) is 0 Å². The zero-order chi connectivity index (χ0) is 9.61. The Balaban J connectivity index is 3.76. The van der Waals surface area contributed by atoms with Gasteiger partial charge in [-0.05, 0) is 12.8 Å². The Labute approximate surface area is 71.0 Å². The Hall–Kier alpha value is -0.210. The van der Waals surface area contributed by atoms with Gasteiger partial charge in [0, 0.05) is 6.61 Å². The number of aliphatic hydroxyl groups is 2. The van der Waals surface area contributed by atoms with Gasteiger partial charge in [-0.25, -0.2) is 0 Å². The summed E-state index contributed by atoms with van der Waals surface area (Å²) in [5, 5.41) is 17.4. The Morgan fingerprint density at radius 1 is 1.50 bits per heavy atom. The van der Waals surface area contributed by atoms with Gasteiger partial charge in [-0.3, -0.25) is 0 Å². The van der Waals surface area contributed by atoms with Crippen LogP contribution in [0, 0.1) is 0 Å². The number of hydrogen-bond donors (Lipinski definition) is 3. The first-order valence-electron chi connectivity index (χ1n) is 3.42. The standard InChI is InChI=1S/C5H13NO5S/c6-11-12(9,10)4-5(8)2-1-3-7/h5,7-8H,1-4,6H2. The molecule has 12 heavy (non-hydrogen) atoms. The van der Waals surface area contributed by atoms with Gasteiger partial charge in [-0.1, -0.05) is 0 Å². The van der Waals surface area contributed by atoms with Crippen LogP contribution in [0.4, 0.5) is 0 Å². The third kappa shape index (κ3) is 5.44. The largest absolute Gasteiger partial charge is 0.396 e. The van der Waals surface area contributed by atoms with Crippen molar-refractivity contribution in [3.05, 3.63) is 0 Å². The topological polar surface area (TPSA) is 110 Å². The molecule has 74 valence electrons. The van der Waals surface area contributed by atoms with Crippen molar-refractivity contribution < 1.29 is 22.9 Å². The highest BCUT2D eigenvalue weighted by Crippen LogP contribution is 2.00. The van der Waals surface area contributed by atoms with E-state index in [-0.39, 0.29) is 13.0 Å². The molecular weight excluding hydrogens is 186 g/mol. The molecule has 0 aliphatic rings. The Morgan fingerprint density at radius 2 is 2.08 bits per heavy atom. The molecule has 0 aliphatic carbocycles. The van der Waals surface area contributed by atoms with Crippen LogP contribution in [0.1, 0.15) is 12.8 Å². The molecule has 0 amide bonds. The molecule has 0 aromatic heterocycles. The molecule has 6 nitrogen and oxygen atoms in total. The van der Waals surface area contributed by atoms with E-state index in [0.29, 0.717) is 6.42 Å². The van der Waals surface area contributed by atoms with E-state index in [1.165, 1.54) is 0 Å². The molecule has 0 radical (unpaired) electrons. The number of rotatable bonds is 6. The van der Waals surface area contributed by atoms with E-state index in [1.807, 2.05) is 0 Å². The van der Waals surface area contributed by atoms with Gasteiger partial charge in [0.2, 0.25) is 0 Å². The molecule has 0 heterocycles. The summed E-state index contributed by atoms with van der Waals surface area (Å²) in [6.07, 6.45) is -0.480. The Bertz CT molecular complexity index is 202. The van der Waals surface area contributed by atoms with Crippen LogP contribution in [0.5, 0.6) is 0 Å². The maximum Gasteiger partial charge on any atom is 0.285 e. The molecular formula is C5H13NO5S. The fourth-order valence-electron chi connectivity index (χ4n) is 0.685. The average molecular weight is 199 g/mol. The molecule has 0 rings (SSSR count). The highest BCUT2D eigenvalue weighted by atomic mass is 32.2. The van der Waals surface area contributed by atoms with Crippen LogP contribution in [0.3, 0.4) is 0 Å². The molecule has 1 atom stereocenters. The summed E-state index contributed by atoms with van der Waals surface area (Å²) >= 11 is 0. The molecule has 0 spiro atoms. The van der Waals surface area contributed by atoms with Gasteiger partial charge >= 0.3 is 0 Å². The first-order valence-corrected chi connectivity index (χ1v) is 4.99. The summed E-state index contributed by atoms with van der Waals surface area (Å²) < 4.78 is 24.8. The van der Waals surface area contributed by atoms with Gasteiger partial charge < -0.3 is 10.2 Å². The van der Waals surface area contributed by atoms with Gasteiger partial charge in [0.15, 0.2) is 0 Å². The average Bonchev–Trinajstić information content (AvgIpc) is 2.00. The van der Waals surface area contributed by atoms with Gasteiger partial charge in [-0.15, -0.1) is 0 Å². The van der Waals surface area contributed by atoms with Crippen molar-refractivity contribution in [2.45, 2.75) is 18.9 Å². The SMILES string of the molecule is NOS(=O)(=O)CC(O)CCCO. The molecule has 4 N–H and O–H groups in total. The van der Waals surface area contributed by atoms with Gasteiger partial charge in [0.25, 0.3) is 10.1 Å². The molecule has 0 aromatic carbocycles. The Kier molecular flexibility index (Phi) is 5.34. The zero-order valence-corrected chi connectivity index (χ0v) is 7.33. The molecule has 0 bridgehead atoms. The lowest BCUT2D eigenvalue weighted by molar-refractivity contribution is 0.165. The van der Waals surface area contributed by atoms with Crippen molar-refractivity contribution in [3.8, 4) is 0 Å². The van der Waals surface area contributed by atoms with Crippen LogP contribution in [0.25, 0.3) is 0 Å². The predicted molar refractivity (Wildman–Crippen MR) is 41.4 cm³/mol. The third-order valence-corrected chi connectivity index (χ3v) is 2.32. The van der Waals surface area contributed by atoms with Crippen molar-refractivity contribution in [1.29, 1.82) is 0 Å². The predicted octanol–water partition coefficient (Wildman–Crippen LogP) is -1.66. The first kappa shape index (κ1) is 11.8. The van der Waals surface area contributed by atoms with Crippen molar-refractivity contribution in [1.82, 2.24) is 0 Å². The Morgan fingerprint density at radius 3 is 2.50 bits per heavy atom. The monoisotopic (exact) mass is 199 g/mol. The second kappa shape index (κ2) is 5.44. The van der Waals surface area contributed by atoms with E-state index in [4.69, 9.17) is 10.2 Å². The highest BCUT2D eigenvalue weighted by molar-refractivity contribution is 7.86. The van der Waals surface area contributed by atoms with Gasteiger partial charge in [-0.2, -0.15) is 18.6 Å². The lowest BCUT2D eigenvalue weighted by Crippen LogP contribution is -2.24. The third-order valence-electron chi connectivity index (χ3n) is 1.24. The van der Waals surface area contributed by atoms with E-state index in [9.17, 15) is 8.42 Å². The lowest BCUT2D eigenvalue weighted by atomic mass is 10.2. The molecule has 0 saturated carbocycles. The minimum Gasteiger partial charge on any atom is -0.396 e. The van der Waals surface area contributed by atoms with Crippen molar-refractivity contribution in [2.24, 2.45) is 5.90 Å². The molecule has 0 aromatic rings. The summed E-state index contributed by atoms with van der Waals surface area (Å²) in [5.74, 6) is 3.90. The van der Waals surface area contributed by atoms with Crippen molar-refractivity contribution in [3.63, 3.8) is 0 Å². The quantitative estimate of drug-likeness (QED) is 0.442. The van der Waals surface area contributed by atoms with Crippen molar-refractivity contribution >= 4 is 10.1 Å². The molecule has 0 aliphatic heterocycles.